The Morgan fingerprint density at radius 3 is 2.62 bits per heavy atom. The number of non-ortho nitro benzene ring substituents is 1. The van der Waals surface area contributed by atoms with Crippen LogP contribution in [-0.4, -0.2) is 28.8 Å². The number of hydrogen-bond donors (Lipinski definition) is 2. The third kappa shape index (κ3) is 4.07. The van der Waals surface area contributed by atoms with Gasteiger partial charge in [-0.2, -0.15) is 0 Å². The molecule has 0 spiro atoms. The van der Waals surface area contributed by atoms with Gasteiger partial charge < -0.3 is 4.90 Å². The van der Waals surface area contributed by atoms with Gasteiger partial charge in [-0.05, 0) is 23.9 Å². The highest BCUT2D eigenvalue weighted by atomic mass is 32.1. The summed E-state index contributed by atoms with van der Waals surface area (Å²) in [6, 6.07) is 8.50. The summed E-state index contributed by atoms with van der Waals surface area (Å²) in [5.74, 6) is -0.408. The highest BCUT2D eigenvalue weighted by Gasteiger charge is 2.20. The Morgan fingerprint density at radius 1 is 1.25 bits per heavy atom. The number of amides is 3. The molecule has 9 heteroatoms. The van der Waals surface area contributed by atoms with Crippen molar-refractivity contribution >= 4 is 29.0 Å². The zero-order chi connectivity index (χ0) is 17.7. The molecule has 24 heavy (non-hydrogen) atoms. The second-order valence-electron chi connectivity index (χ2n) is 5.00. The van der Waals surface area contributed by atoms with E-state index in [1.54, 1.807) is 36.6 Å². The first-order chi connectivity index (χ1) is 11.4. The van der Waals surface area contributed by atoms with E-state index in [4.69, 9.17) is 0 Å². The molecule has 2 N–H and O–H groups in total. The van der Waals surface area contributed by atoms with Crippen molar-refractivity contribution in [2.45, 2.75) is 13.0 Å². The molecule has 0 radical (unpaired) electrons. The lowest BCUT2D eigenvalue weighted by atomic mass is 10.1. The van der Waals surface area contributed by atoms with Crippen molar-refractivity contribution in [3.05, 3.63) is 62.3 Å². The quantitative estimate of drug-likeness (QED) is 0.654. The lowest BCUT2D eigenvalue weighted by Crippen LogP contribution is -2.48. The highest BCUT2D eigenvalue weighted by molar-refractivity contribution is 7.12. The third-order valence-electron chi connectivity index (χ3n) is 3.49. The Morgan fingerprint density at radius 2 is 2.00 bits per heavy atom. The van der Waals surface area contributed by atoms with Gasteiger partial charge in [0.25, 0.3) is 11.6 Å². The zero-order valence-corrected chi connectivity index (χ0v) is 13.9. The number of hydrogen-bond acceptors (Lipinski definition) is 5. The van der Waals surface area contributed by atoms with Gasteiger partial charge in [0.1, 0.15) is 0 Å². The molecular formula is C15H16N4O4S. The SMILES string of the molecule is CC(c1cccc([N+](=O)[O-])c1)N(C)C(=O)NNC(=O)c1cccs1. The zero-order valence-electron chi connectivity index (χ0n) is 13.1. The molecule has 3 amide bonds. The van der Waals surface area contributed by atoms with E-state index >= 15 is 0 Å². The highest BCUT2D eigenvalue weighted by Crippen LogP contribution is 2.22. The Bertz CT molecular complexity index is 748. The minimum absolute atomic E-state index is 0.0424. The van der Waals surface area contributed by atoms with Gasteiger partial charge >= 0.3 is 6.03 Å². The van der Waals surface area contributed by atoms with Crippen LogP contribution in [0.15, 0.2) is 41.8 Å². The summed E-state index contributed by atoms with van der Waals surface area (Å²) in [5.41, 5.74) is 5.22. The van der Waals surface area contributed by atoms with Crippen LogP contribution in [0.2, 0.25) is 0 Å². The fourth-order valence-electron chi connectivity index (χ4n) is 1.97. The fourth-order valence-corrected chi connectivity index (χ4v) is 2.58. The summed E-state index contributed by atoms with van der Waals surface area (Å²) in [4.78, 5) is 36.1. The monoisotopic (exact) mass is 348 g/mol. The molecule has 2 rings (SSSR count). The average molecular weight is 348 g/mol. The summed E-state index contributed by atoms with van der Waals surface area (Å²) in [5, 5.41) is 12.6. The first-order valence-corrected chi connectivity index (χ1v) is 7.89. The van der Waals surface area contributed by atoms with E-state index in [9.17, 15) is 19.7 Å². The number of nitrogens with zero attached hydrogens (tertiary/aromatic N) is 2. The fraction of sp³-hybridized carbons (Fsp3) is 0.200. The predicted octanol–water partition coefficient (Wildman–Crippen LogP) is 2.70. The number of carbonyl (C=O) groups is 2. The van der Waals surface area contributed by atoms with Gasteiger partial charge in [0.15, 0.2) is 0 Å². The molecule has 0 fully saturated rings. The minimum atomic E-state index is -0.529. The minimum Gasteiger partial charge on any atom is -0.320 e. The topological polar surface area (TPSA) is 105 Å². The molecule has 0 aliphatic carbocycles. The lowest BCUT2D eigenvalue weighted by molar-refractivity contribution is -0.384. The van der Waals surface area contributed by atoms with E-state index in [1.807, 2.05) is 0 Å². The predicted molar refractivity (Wildman–Crippen MR) is 89.6 cm³/mol. The number of nitro groups is 1. The number of hydrazine groups is 1. The van der Waals surface area contributed by atoms with Crippen LogP contribution in [0.25, 0.3) is 0 Å². The van der Waals surface area contributed by atoms with Gasteiger partial charge in [-0.1, -0.05) is 18.2 Å². The molecule has 1 unspecified atom stereocenters. The first kappa shape index (κ1) is 17.4. The van der Waals surface area contributed by atoms with Gasteiger partial charge in [-0.3, -0.25) is 20.3 Å². The Balaban J connectivity index is 1.98. The molecule has 0 saturated carbocycles. The largest absolute Gasteiger partial charge is 0.336 e. The second kappa shape index (κ2) is 7.55. The normalized spacial score (nSPS) is 11.4. The van der Waals surface area contributed by atoms with Crippen molar-refractivity contribution in [1.82, 2.24) is 15.8 Å². The van der Waals surface area contributed by atoms with Crippen LogP contribution in [0.4, 0.5) is 10.5 Å². The lowest BCUT2D eigenvalue weighted by Gasteiger charge is -2.25. The smallest absolute Gasteiger partial charge is 0.320 e. The Kier molecular flexibility index (Phi) is 5.48. The molecule has 1 aromatic carbocycles. The van der Waals surface area contributed by atoms with Crippen LogP contribution in [0.5, 0.6) is 0 Å². The molecule has 0 aliphatic rings. The van der Waals surface area contributed by atoms with E-state index < -0.39 is 22.9 Å². The molecule has 0 bridgehead atoms. The van der Waals surface area contributed by atoms with E-state index in [-0.39, 0.29) is 5.69 Å². The maximum Gasteiger partial charge on any atom is 0.336 e. The number of benzene rings is 1. The Hall–Kier alpha value is -2.94. The summed E-state index contributed by atoms with van der Waals surface area (Å²) >= 11 is 1.26. The molecule has 2 aromatic rings. The first-order valence-electron chi connectivity index (χ1n) is 7.01. The summed E-state index contributed by atoms with van der Waals surface area (Å²) in [6.45, 7) is 1.74. The van der Waals surface area contributed by atoms with Crippen LogP contribution in [0.3, 0.4) is 0 Å². The maximum absolute atomic E-state index is 12.1. The molecule has 8 nitrogen and oxygen atoms in total. The van der Waals surface area contributed by atoms with Crippen molar-refractivity contribution in [2.75, 3.05) is 7.05 Å². The summed E-state index contributed by atoms with van der Waals surface area (Å²) < 4.78 is 0. The maximum atomic E-state index is 12.1. The Labute approximate surface area is 142 Å². The molecule has 126 valence electrons. The van der Waals surface area contributed by atoms with Crippen LogP contribution in [0.1, 0.15) is 28.2 Å². The summed E-state index contributed by atoms with van der Waals surface area (Å²) in [7, 11) is 1.54. The average Bonchev–Trinajstić information content (AvgIpc) is 3.12. The van der Waals surface area contributed by atoms with Crippen molar-refractivity contribution in [2.24, 2.45) is 0 Å². The number of nitro benzene ring substituents is 1. The van der Waals surface area contributed by atoms with Crippen LogP contribution in [-0.2, 0) is 0 Å². The standard InChI is InChI=1S/C15H16N4O4S/c1-10(11-5-3-6-12(9-11)19(22)23)18(2)15(21)17-16-14(20)13-7-4-8-24-13/h3-10H,1-2H3,(H,16,20)(H,17,21). The molecule has 1 atom stereocenters. The summed E-state index contributed by atoms with van der Waals surface area (Å²) in [6.07, 6.45) is 0. The van der Waals surface area contributed by atoms with Crippen LogP contribution >= 0.6 is 11.3 Å². The van der Waals surface area contributed by atoms with E-state index in [1.165, 1.54) is 35.4 Å². The van der Waals surface area contributed by atoms with Crippen molar-refractivity contribution in [3.8, 4) is 0 Å². The third-order valence-corrected chi connectivity index (χ3v) is 4.36. The van der Waals surface area contributed by atoms with Crippen LogP contribution in [0, 0.1) is 10.1 Å². The molecule has 1 aromatic heterocycles. The van der Waals surface area contributed by atoms with E-state index in [0.717, 1.165) is 0 Å². The van der Waals surface area contributed by atoms with Crippen molar-refractivity contribution < 1.29 is 14.5 Å². The van der Waals surface area contributed by atoms with E-state index in [2.05, 4.69) is 10.9 Å². The number of thiophene rings is 1. The molecular weight excluding hydrogens is 332 g/mol. The van der Waals surface area contributed by atoms with Crippen molar-refractivity contribution in [3.63, 3.8) is 0 Å². The number of rotatable bonds is 4. The number of urea groups is 1. The van der Waals surface area contributed by atoms with Gasteiger partial charge in [0.2, 0.25) is 0 Å². The van der Waals surface area contributed by atoms with Gasteiger partial charge in [-0.15, -0.1) is 11.3 Å². The van der Waals surface area contributed by atoms with Gasteiger partial charge in [0.05, 0.1) is 15.8 Å². The number of nitrogens with one attached hydrogen (secondary N) is 2. The van der Waals surface area contributed by atoms with Crippen LogP contribution < -0.4 is 10.9 Å². The van der Waals surface area contributed by atoms with Crippen molar-refractivity contribution in [1.29, 1.82) is 0 Å². The molecule has 0 aliphatic heterocycles. The van der Waals surface area contributed by atoms with Gasteiger partial charge in [0, 0.05) is 19.2 Å². The number of carbonyl (C=O) groups excluding carboxylic acids is 2. The van der Waals surface area contributed by atoms with E-state index in [0.29, 0.717) is 10.4 Å². The molecule has 1 heterocycles. The second-order valence-corrected chi connectivity index (χ2v) is 5.95. The molecule has 0 saturated heterocycles. The van der Waals surface area contributed by atoms with Gasteiger partial charge in [-0.25, -0.2) is 10.2 Å².